The molecule has 2 N–H and O–H groups in total. The molecule has 114 valence electrons. The predicted octanol–water partition coefficient (Wildman–Crippen LogP) is 1.64. The number of amides is 1. The zero-order valence-corrected chi connectivity index (χ0v) is 13.4. The van der Waals surface area contributed by atoms with Crippen LogP contribution in [-0.2, 0) is 4.79 Å². The summed E-state index contributed by atoms with van der Waals surface area (Å²) in [5.74, 6) is 1.02. The van der Waals surface area contributed by atoms with E-state index in [4.69, 9.17) is 0 Å². The number of hydrogen-bond donors (Lipinski definition) is 2. The van der Waals surface area contributed by atoms with Crippen LogP contribution in [0.15, 0.2) is 0 Å². The van der Waals surface area contributed by atoms with Crippen LogP contribution >= 0.6 is 12.4 Å². The van der Waals surface area contributed by atoms with Gasteiger partial charge in [-0.1, -0.05) is 6.92 Å². The molecule has 5 heteroatoms. The van der Waals surface area contributed by atoms with Crippen LogP contribution in [0.4, 0.5) is 0 Å². The van der Waals surface area contributed by atoms with E-state index in [0.29, 0.717) is 0 Å². The van der Waals surface area contributed by atoms with E-state index in [-0.39, 0.29) is 24.4 Å². The Morgan fingerprint density at radius 3 is 2.47 bits per heavy atom. The second-order valence-electron chi connectivity index (χ2n) is 5.34. The first-order valence-electron chi connectivity index (χ1n) is 7.35. The van der Waals surface area contributed by atoms with Crippen molar-refractivity contribution in [1.82, 2.24) is 15.5 Å². The van der Waals surface area contributed by atoms with E-state index in [9.17, 15) is 4.79 Å². The van der Waals surface area contributed by atoms with Gasteiger partial charge < -0.3 is 10.6 Å². The van der Waals surface area contributed by atoms with E-state index in [1.807, 2.05) is 14.0 Å². The third kappa shape index (κ3) is 6.59. The Labute approximate surface area is 124 Å². The van der Waals surface area contributed by atoms with Crippen LogP contribution in [0.5, 0.6) is 0 Å². The average molecular weight is 292 g/mol. The zero-order valence-electron chi connectivity index (χ0n) is 12.6. The highest BCUT2D eigenvalue weighted by atomic mass is 35.5. The highest BCUT2D eigenvalue weighted by molar-refractivity contribution is 5.85. The molecule has 1 atom stereocenters. The number of likely N-dealkylation sites (tertiary alicyclic amines) is 1. The minimum atomic E-state index is 0. The summed E-state index contributed by atoms with van der Waals surface area (Å²) in [4.78, 5) is 14.2. The Morgan fingerprint density at radius 2 is 1.95 bits per heavy atom. The summed E-state index contributed by atoms with van der Waals surface area (Å²) >= 11 is 0. The Morgan fingerprint density at radius 1 is 1.32 bits per heavy atom. The molecule has 1 aliphatic rings. The van der Waals surface area contributed by atoms with Gasteiger partial charge in [0.1, 0.15) is 0 Å². The van der Waals surface area contributed by atoms with Crippen molar-refractivity contribution in [1.29, 1.82) is 0 Å². The van der Waals surface area contributed by atoms with Crippen molar-refractivity contribution in [2.75, 3.05) is 33.2 Å². The molecule has 0 spiro atoms. The molecule has 1 amide bonds. The number of halogens is 1. The smallest absolute Gasteiger partial charge is 0.237 e. The van der Waals surface area contributed by atoms with Gasteiger partial charge >= 0.3 is 0 Å². The number of rotatable bonds is 7. The Balaban J connectivity index is 0.00000324. The molecule has 4 nitrogen and oxygen atoms in total. The molecule has 0 aromatic rings. The van der Waals surface area contributed by atoms with Gasteiger partial charge in [-0.15, -0.1) is 12.4 Å². The summed E-state index contributed by atoms with van der Waals surface area (Å²) in [7, 11) is 2.01. The highest BCUT2D eigenvalue weighted by Crippen LogP contribution is 2.21. The largest absolute Gasteiger partial charge is 0.355 e. The maximum Gasteiger partial charge on any atom is 0.237 e. The molecule has 1 fully saturated rings. The number of nitrogens with one attached hydrogen (secondary N) is 2. The van der Waals surface area contributed by atoms with Crippen molar-refractivity contribution >= 4 is 18.3 Å². The van der Waals surface area contributed by atoms with Gasteiger partial charge in [-0.2, -0.15) is 0 Å². The molecule has 1 rings (SSSR count). The number of carbonyl (C=O) groups excluding carboxylic acids is 1. The maximum absolute atomic E-state index is 11.9. The molecular weight excluding hydrogens is 262 g/mol. The summed E-state index contributed by atoms with van der Waals surface area (Å²) in [5, 5.41) is 6.20. The van der Waals surface area contributed by atoms with Crippen LogP contribution in [0.3, 0.4) is 0 Å². The quantitative estimate of drug-likeness (QED) is 0.750. The fourth-order valence-corrected chi connectivity index (χ4v) is 2.54. The van der Waals surface area contributed by atoms with E-state index < -0.39 is 0 Å². The van der Waals surface area contributed by atoms with Crippen molar-refractivity contribution in [3.05, 3.63) is 0 Å². The fraction of sp³-hybridized carbons (Fsp3) is 0.929. The summed E-state index contributed by atoms with van der Waals surface area (Å²) in [5.41, 5.74) is 0. The molecule has 0 aromatic heterocycles. The third-order valence-corrected chi connectivity index (χ3v) is 3.93. The van der Waals surface area contributed by atoms with Crippen molar-refractivity contribution < 1.29 is 4.79 Å². The predicted molar refractivity (Wildman–Crippen MR) is 82.9 cm³/mol. The molecule has 1 aliphatic heterocycles. The van der Waals surface area contributed by atoms with Crippen molar-refractivity contribution in [2.24, 2.45) is 5.92 Å². The van der Waals surface area contributed by atoms with E-state index in [1.54, 1.807) is 0 Å². The number of carbonyl (C=O) groups is 1. The zero-order chi connectivity index (χ0) is 13.4. The topological polar surface area (TPSA) is 44.4 Å². The lowest BCUT2D eigenvalue weighted by Gasteiger charge is -2.35. The lowest BCUT2D eigenvalue weighted by molar-refractivity contribution is -0.126. The second kappa shape index (κ2) is 10.5. The number of nitrogens with zero attached hydrogens (tertiary/aromatic N) is 1. The van der Waals surface area contributed by atoms with Crippen molar-refractivity contribution in [3.8, 4) is 0 Å². The monoisotopic (exact) mass is 291 g/mol. The minimum Gasteiger partial charge on any atom is -0.355 e. The normalized spacial score (nSPS) is 18.7. The van der Waals surface area contributed by atoms with Crippen LogP contribution in [0.25, 0.3) is 0 Å². The number of piperidine rings is 1. The van der Waals surface area contributed by atoms with Crippen molar-refractivity contribution in [2.45, 2.75) is 45.6 Å². The van der Waals surface area contributed by atoms with E-state index in [0.717, 1.165) is 38.5 Å². The van der Waals surface area contributed by atoms with Crippen LogP contribution in [0, 0.1) is 5.92 Å². The Hall–Kier alpha value is -0.320. The van der Waals surface area contributed by atoms with Gasteiger partial charge in [-0.05, 0) is 65.2 Å². The summed E-state index contributed by atoms with van der Waals surface area (Å²) < 4.78 is 0. The summed E-state index contributed by atoms with van der Waals surface area (Å²) in [6.45, 7) is 8.14. The maximum atomic E-state index is 11.9. The summed E-state index contributed by atoms with van der Waals surface area (Å²) in [6, 6.07) is 0.0294. The van der Waals surface area contributed by atoms with Crippen LogP contribution in [0.2, 0.25) is 0 Å². The Bertz CT molecular complexity index is 243. The SMILES string of the molecule is CCCNC(=O)C(C)N1CCC(CCNC)CC1.Cl. The van der Waals surface area contributed by atoms with E-state index in [2.05, 4.69) is 22.5 Å². The second-order valence-corrected chi connectivity index (χ2v) is 5.34. The molecule has 0 aliphatic carbocycles. The van der Waals surface area contributed by atoms with Crippen molar-refractivity contribution in [3.63, 3.8) is 0 Å². The first-order chi connectivity index (χ1) is 8.69. The van der Waals surface area contributed by atoms with Gasteiger partial charge in [0, 0.05) is 6.54 Å². The first-order valence-corrected chi connectivity index (χ1v) is 7.35. The highest BCUT2D eigenvalue weighted by Gasteiger charge is 2.25. The Kier molecular flexibility index (Phi) is 10.3. The standard InChI is InChI=1S/C14H29N3O.ClH/c1-4-8-16-14(18)12(2)17-10-6-13(7-11-17)5-9-15-3;/h12-13,15H,4-11H2,1-3H3,(H,16,18);1H. The van der Waals surface area contributed by atoms with Crippen LogP contribution in [-0.4, -0.2) is 50.1 Å². The van der Waals surface area contributed by atoms with Gasteiger partial charge in [0.15, 0.2) is 0 Å². The van der Waals surface area contributed by atoms with E-state index >= 15 is 0 Å². The third-order valence-electron chi connectivity index (χ3n) is 3.93. The molecular formula is C14H30ClN3O. The molecule has 0 bridgehead atoms. The molecule has 19 heavy (non-hydrogen) atoms. The van der Waals surface area contributed by atoms with Gasteiger partial charge in [-0.25, -0.2) is 0 Å². The van der Waals surface area contributed by atoms with Gasteiger partial charge in [0.2, 0.25) is 5.91 Å². The van der Waals surface area contributed by atoms with Crippen LogP contribution < -0.4 is 10.6 Å². The fourth-order valence-electron chi connectivity index (χ4n) is 2.54. The van der Waals surface area contributed by atoms with Gasteiger partial charge in [0.25, 0.3) is 0 Å². The molecule has 1 unspecified atom stereocenters. The average Bonchev–Trinajstić information content (AvgIpc) is 2.42. The summed E-state index contributed by atoms with van der Waals surface area (Å²) in [6.07, 6.45) is 4.73. The number of hydrogen-bond acceptors (Lipinski definition) is 3. The molecule has 0 aromatic carbocycles. The van der Waals surface area contributed by atoms with Crippen LogP contribution in [0.1, 0.15) is 39.5 Å². The van der Waals surface area contributed by atoms with E-state index in [1.165, 1.54) is 19.3 Å². The molecule has 1 heterocycles. The lowest BCUT2D eigenvalue weighted by Crippen LogP contribution is -2.48. The lowest BCUT2D eigenvalue weighted by atomic mass is 9.93. The molecule has 1 saturated heterocycles. The van der Waals surface area contributed by atoms with Gasteiger partial charge in [-0.3, -0.25) is 9.69 Å². The minimum absolute atomic E-state index is 0. The molecule has 0 saturated carbocycles. The first kappa shape index (κ1) is 18.7. The molecule has 0 radical (unpaired) electrons. The van der Waals surface area contributed by atoms with Gasteiger partial charge in [0.05, 0.1) is 6.04 Å².